The summed E-state index contributed by atoms with van der Waals surface area (Å²) in [7, 11) is 0. The first-order chi connectivity index (χ1) is 15.9. The molecule has 0 saturated carbocycles. The normalized spacial score (nSPS) is 17.9. The minimum absolute atomic E-state index is 0.0883. The number of aryl methyl sites for hydroxylation is 2. The van der Waals surface area contributed by atoms with Crippen molar-refractivity contribution in [2.75, 3.05) is 4.90 Å². The molecule has 0 spiro atoms. The van der Waals surface area contributed by atoms with Crippen molar-refractivity contribution in [1.82, 2.24) is 14.9 Å². The molecular weight excluding hydrogens is 431 g/mol. The minimum Gasteiger partial charge on any atom is -0.351 e. The molecule has 5 rings (SSSR count). The highest BCUT2D eigenvalue weighted by atomic mass is 32.1. The summed E-state index contributed by atoms with van der Waals surface area (Å²) in [6, 6.07) is 23.0. The summed E-state index contributed by atoms with van der Waals surface area (Å²) in [4.78, 5) is 6.84. The third-order valence-electron chi connectivity index (χ3n) is 6.25. The predicted molar refractivity (Wildman–Crippen MR) is 134 cm³/mol. The minimum atomic E-state index is -0.243. The van der Waals surface area contributed by atoms with E-state index in [4.69, 9.17) is 12.2 Å². The zero-order valence-electron chi connectivity index (χ0n) is 18.8. The van der Waals surface area contributed by atoms with Crippen molar-refractivity contribution in [3.8, 4) is 5.69 Å². The van der Waals surface area contributed by atoms with Gasteiger partial charge in [0.25, 0.3) is 0 Å². The van der Waals surface area contributed by atoms with Crippen molar-refractivity contribution in [3.63, 3.8) is 0 Å². The Hall–Kier alpha value is -3.51. The lowest BCUT2D eigenvalue weighted by Gasteiger charge is -2.28. The van der Waals surface area contributed by atoms with Crippen LogP contribution < -0.4 is 10.2 Å². The van der Waals surface area contributed by atoms with Crippen LogP contribution in [-0.4, -0.2) is 14.7 Å². The number of pyridine rings is 1. The van der Waals surface area contributed by atoms with Gasteiger partial charge in [-0.1, -0.05) is 18.2 Å². The topological polar surface area (TPSA) is 33.1 Å². The summed E-state index contributed by atoms with van der Waals surface area (Å²) in [6.45, 7) is 6.27. The smallest absolute Gasteiger partial charge is 0.174 e. The fourth-order valence-electron chi connectivity index (χ4n) is 4.80. The van der Waals surface area contributed by atoms with Crippen LogP contribution in [0.1, 0.15) is 40.3 Å². The van der Waals surface area contributed by atoms with Crippen molar-refractivity contribution in [2.45, 2.75) is 32.9 Å². The summed E-state index contributed by atoms with van der Waals surface area (Å²) in [5.41, 5.74) is 7.41. The molecule has 3 heterocycles. The van der Waals surface area contributed by atoms with E-state index in [1.807, 2.05) is 36.5 Å². The van der Waals surface area contributed by atoms with E-state index < -0.39 is 0 Å². The predicted octanol–water partition coefficient (Wildman–Crippen LogP) is 6.11. The van der Waals surface area contributed by atoms with E-state index in [0.29, 0.717) is 5.11 Å². The quantitative estimate of drug-likeness (QED) is 0.376. The second kappa shape index (κ2) is 8.45. The fourth-order valence-corrected chi connectivity index (χ4v) is 5.15. The molecule has 1 fully saturated rings. The van der Waals surface area contributed by atoms with Gasteiger partial charge >= 0.3 is 0 Å². The number of halogens is 1. The maximum absolute atomic E-state index is 13.6. The Bertz CT molecular complexity index is 1310. The van der Waals surface area contributed by atoms with Gasteiger partial charge in [-0.25, -0.2) is 4.39 Å². The molecule has 166 valence electrons. The van der Waals surface area contributed by atoms with E-state index in [-0.39, 0.29) is 17.9 Å². The first kappa shape index (κ1) is 21.3. The van der Waals surface area contributed by atoms with Gasteiger partial charge < -0.3 is 14.8 Å². The van der Waals surface area contributed by atoms with Crippen molar-refractivity contribution in [3.05, 3.63) is 113 Å². The van der Waals surface area contributed by atoms with Crippen molar-refractivity contribution >= 4 is 23.0 Å². The van der Waals surface area contributed by atoms with Gasteiger partial charge in [-0.05, 0) is 98.7 Å². The zero-order valence-corrected chi connectivity index (χ0v) is 19.6. The van der Waals surface area contributed by atoms with Crippen LogP contribution in [0.3, 0.4) is 0 Å². The average molecular weight is 457 g/mol. The number of hydrogen-bond acceptors (Lipinski definition) is 2. The van der Waals surface area contributed by atoms with Gasteiger partial charge in [0.15, 0.2) is 5.11 Å². The first-order valence-electron chi connectivity index (χ1n) is 11.0. The number of nitrogens with one attached hydrogen (secondary N) is 1. The number of rotatable bonds is 4. The van der Waals surface area contributed by atoms with Crippen LogP contribution in [0.15, 0.2) is 79.0 Å². The molecule has 0 aliphatic carbocycles. The molecular formula is C27H25FN4S. The fraction of sp³-hybridized carbons (Fsp3) is 0.185. The Morgan fingerprint density at radius 1 is 0.909 bits per heavy atom. The summed E-state index contributed by atoms with van der Waals surface area (Å²) >= 11 is 5.85. The molecule has 2 aromatic carbocycles. The summed E-state index contributed by atoms with van der Waals surface area (Å²) in [5.74, 6) is -0.243. The SMILES string of the molecule is Cc1cccc(N2C(=S)N[C@@H](c3ccccn3)[C@H]2c2cc(C)n(-c3ccc(F)cc3)c2C)c1. The number of thiocarbonyl (C=S) groups is 1. The molecule has 2 aromatic heterocycles. The van der Waals surface area contributed by atoms with Crippen molar-refractivity contribution in [1.29, 1.82) is 0 Å². The van der Waals surface area contributed by atoms with E-state index in [1.165, 1.54) is 17.7 Å². The third-order valence-corrected chi connectivity index (χ3v) is 6.57. The molecule has 2 atom stereocenters. The van der Waals surface area contributed by atoms with E-state index in [0.717, 1.165) is 34.0 Å². The van der Waals surface area contributed by atoms with E-state index >= 15 is 0 Å². The number of hydrogen-bond donors (Lipinski definition) is 1. The van der Waals surface area contributed by atoms with Crippen LogP contribution in [0, 0.1) is 26.6 Å². The van der Waals surface area contributed by atoms with E-state index in [1.54, 1.807) is 0 Å². The third kappa shape index (κ3) is 3.80. The molecule has 0 amide bonds. The van der Waals surface area contributed by atoms with E-state index in [2.05, 4.69) is 70.9 Å². The number of anilines is 1. The Labute approximate surface area is 198 Å². The zero-order chi connectivity index (χ0) is 23.1. The lowest BCUT2D eigenvalue weighted by Crippen LogP contribution is -2.29. The highest BCUT2D eigenvalue weighted by Gasteiger charge is 2.42. The molecule has 4 nitrogen and oxygen atoms in total. The Balaban J connectivity index is 1.68. The monoisotopic (exact) mass is 456 g/mol. The van der Waals surface area contributed by atoms with Gasteiger partial charge in [0.1, 0.15) is 5.82 Å². The van der Waals surface area contributed by atoms with Crippen LogP contribution in [0.5, 0.6) is 0 Å². The average Bonchev–Trinajstić information content (AvgIpc) is 3.30. The van der Waals surface area contributed by atoms with Crippen molar-refractivity contribution < 1.29 is 4.39 Å². The van der Waals surface area contributed by atoms with Crippen LogP contribution in [-0.2, 0) is 0 Å². The summed E-state index contributed by atoms with van der Waals surface area (Å²) < 4.78 is 15.7. The highest BCUT2D eigenvalue weighted by molar-refractivity contribution is 7.80. The molecule has 1 N–H and O–H groups in total. The van der Waals surface area contributed by atoms with Gasteiger partial charge in [0.05, 0.1) is 17.8 Å². The van der Waals surface area contributed by atoms with Crippen LogP contribution >= 0.6 is 12.2 Å². The van der Waals surface area contributed by atoms with Gasteiger partial charge in [-0.15, -0.1) is 0 Å². The first-order valence-corrected chi connectivity index (χ1v) is 11.4. The van der Waals surface area contributed by atoms with Gasteiger partial charge in [-0.3, -0.25) is 4.98 Å². The molecule has 0 radical (unpaired) electrons. The molecule has 1 aliphatic rings. The lowest BCUT2D eigenvalue weighted by atomic mass is 9.96. The van der Waals surface area contributed by atoms with Gasteiger partial charge in [0, 0.05) is 29.0 Å². The Morgan fingerprint density at radius 3 is 2.39 bits per heavy atom. The number of aromatic nitrogens is 2. The Kier molecular flexibility index (Phi) is 5.46. The van der Waals surface area contributed by atoms with Crippen LogP contribution in [0.2, 0.25) is 0 Å². The molecule has 6 heteroatoms. The number of benzene rings is 2. The molecule has 0 unspecified atom stereocenters. The molecule has 4 aromatic rings. The van der Waals surface area contributed by atoms with Crippen LogP contribution in [0.4, 0.5) is 10.1 Å². The van der Waals surface area contributed by atoms with E-state index in [9.17, 15) is 4.39 Å². The summed E-state index contributed by atoms with van der Waals surface area (Å²) in [6.07, 6.45) is 1.81. The largest absolute Gasteiger partial charge is 0.351 e. The maximum atomic E-state index is 13.6. The van der Waals surface area contributed by atoms with Gasteiger partial charge in [0.2, 0.25) is 0 Å². The lowest BCUT2D eigenvalue weighted by molar-refractivity contribution is 0.565. The maximum Gasteiger partial charge on any atom is 0.174 e. The van der Waals surface area contributed by atoms with Crippen LogP contribution in [0.25, 0.3) is 5.69 Å². The highest BCUT2D eigenvalue weighted by Crippen LogP contribution is 2.43. The molecule has 0 bridgehead atoms. The number of nitrogens with zero attached hydrogens (tertiary/aromatic N) is 3. The standard InChI is InChI=1S/C27H25FN4S/c1-17-7-6-8-22(15-17)32-26(25(30-27(32)33)24-9-4-5-14-29-24)23-16-18(2)31(19(23)3)21-12-10-20(28)11-13-21/h4-16,25-26H,1-3H3,(H,30,33)/t25-,26+/m0/s1. The second-order valence-electron chi connectivity index (χ2n) is 8.47. The molecule has 33 heavy (non-hydrogen) atoms. The molecule has 1 aliphatic heterocycles. The van der Waals surface area contributed by atoms with Crippen molar-refractivity contribution in [2.24, 2.45) is 0 Å². The Morgan fingerprint density at radius 2 is 1.70 bits per heavy atom. The molecule has 1 saturated heterocycles. The van der Waals surface area contributed by atoms with Gasteiger partial charge in [-0.2, -0.15) is 0 Å². The summed E-state index contributed by atoms with van der Waals surface area (Å²) in [5, 5.41) is 4.20. The second-order valence-corrected chi connectivity index (χ2v) is 8.86.